The van der Waals surface area contributed by atoms with Gasteiger partial charge in [-0.1, -0.05) is 29.8 Å². The number of rotatable bonds is 4. The molecule has 0 bridgehead atoms. The summed E-state index contributed by atoms with van der Waals surface area (Å²) in [6.45, 7) is 7.11. The molecule has 1 heterocycles. The highest BCUT2D eigenvalue weighted by Crippen LogP contribution is 2.16. The van der Waals surface area contributed by atoms with Crippen LogP contribution < -0.4 is 10.1 Å². The summed E-state index contributed by atoms with van der Waals surface area (Å²) < 4.78 is 5.18. The Kier molecular flexibility index (Phi) is 5.89. The molecule has 2 aromatic carbocycles. The summed E-state index contributed by atoms with van der Waals surface area (Å²) in [7, 11) is 1.67. The lowest BCUT2D eigenvalue weighted by Crippen LogP contribution is -2.49. The monoisotopic (exact) mass is 355 g/mol. The summed E-state index contributed by atoms with van der Waals surface area (Å²) >= 11 is 5.57. The molecule has 0 spiro atoms. The van der Waals surface area contributed by atoms with Crippen molar-refractivity contribution in [3.8, 4) is 5.75 Å². The number of hydrogen-bond acceptors (Lipinski definition) is 3. The number of benzene rings is 2. The third-order valence-electron chi connectivity index (χ3n) is 4.49. The van der Waals surface area contributed by atoms with Gasteiger partial charge >= 0.3 is 0 Å². The molecule has 0 radical (unpaired) electrons. The van der Waals surface area contributed by atoms with Gasteiger partial charge in [-0.3, -0.25) is 4.90 Å². The molecule has 1 aliphatic heterocycles. The lowest BCUT2D eigenvalue weighted by atomic mass is 10.1. The first-order valence-electron chi connectivity index (χ1n) is 8.62. The van der Waals surface area contributed by atoms with Crippen LogP contribution in [0, 0.1) is 6.92 Å². The topological polar surface area (TPSA) is 27.7 Å². The standard InChI is InChI=1S/C20H25N3OS/c1-16-4-3-5-17(14-16)15-22-10-12-23(13-11-22)20(25)21-18-6-8-19(24-2)9-7-18/h3-9,14H,10-13,15H2,1-2H3,(H,21,25). The van der Waals surface area contributed by atoms with Crippen LogP contribution in [-0.4, -0.2) is 48.2 Å². The number of aryl methyl sites for hydroxylation is 1. The van der Waals surface area contributed by atoms with E-state index < -0.39 is 0 Å². The van der Waals surface area contributed by atoms with E-state index in [1.807, 2.05) is 24.3 Å². The Labute approximate surface area is 155 Å². The van der Waals surface area contributed by atoms with Gasteiger partial charge in [0.25, 0.3) is 0 Å². The molecule has 3 rings (SSSR count). The van der Waals surface area contributed by atoms with Gasteiger partial charge in [-0.15, -0.1) is 0 Å². The molecule has 0 atom stereocenters. The van der Waals surface area contributed by atoms with Crippen molar-refractivity contribution >= 4 is 23.0 Å². The van der Waals surface area contributed by atoms with Crippen molar-refractivity contribution in [1.29, 1.82) is 0 Å². The molecular formula is C20H25N3OS. The normalized spacial score (nSPS) is 15.0. The van der Waals surface area contributed by atoms with Gasteiger partial charge < -0.3 is 15.0 Å². The van der Waals surface area contributed by atoms with Crippen LogP contribution in [0.15, 0.2) is 48.5 Å². The Morgan fingerprint density at radius 3 is 2.44 bits per heavy atom. The largest absolute Gasteiger partial charge is 0.497 e. The van der Waals surface area contributed by atoms with E-state index in [1.54, 1.807) is 7.11 Å². The number of anilines is 1. The Hall–Kier alpha value is -2.11. The van der Waals surface area contributed by atoms with Gasteiger partial charge in [-0.2, -0.15) is 0 Å². The Balaban J connectivity index is 1.48. The summed E-state index contributed by atoms with van der Waals surface area (Å²) in [4.78, 5) is 4.73. The Morgan fingerprint density at radius 1 is 1.08 bits per heavy atom. The van der Waals surface area contributed by atoms with Gasteiger partial charge in [-0.05, 0) is 49.0 Å². The quantitative estimate of drug-likeness (QED) is 0.847. The number of thiocarbonyl (C=S) groups is 1. The molecule has 0 saturated carbocycles. The van der Waals surface area contributed by atoms with E-state index in [9.17, 15) is 0 Å². The van der Waals surface area contributed by atoms with E-state index in [1.165, 1.54) is 11.1 Å². The van der Waals surface area contributed by atoms with Crippen molar-refractivity contribution in [3.63, 3.8) is 0 Å². The predicted molar refractivity (Wildman–Crippen MR) is 107 cm³/mol. The predicted octanol–water partition coefficient (Wildman–Crippen LogP) is 3.52. The molecular weight excluding hydrogens is 330 g/mol. The van der Waals surface area contributed by atoms with Gasteiger partial charge in [0.05, 0.1) is 7.11 Å². The van der Waals surface area contributed by atoms with Crippen molar-refractivity contribution in [2.24, 2.45) is 0 Å². The number of nitrogens with one attached hydrogen (secondary N) is 1. The zero-order valence-corrected chi connectivity index (χ0v) is 15.7. The first kappa shape index (κ1) is 17.7. The van der Waals surface area contributed by atoms with Crippen LogP contribution in [0.25, 0.3) is 0 Å². The molecule has 1 fully saturated rings. The molecule has 5 heteroatoms. The highest BCUT2D eigenvalue weighted by Gasteiger charge is 2.19. The Morgan fingerprint density at radius 2 is 1.80 bits per heavy atom. The molecule has 1 saturated heterocycles. The summed E-state index contributed by atoms with van der Waals surface area (Å²) in [5.74, 6) is 0.848. The van der Waals surface area contributed by atoms with E-state index in [2.05, 4.69) is 46.3 Å². The molecule has 4 nitrogen and oxygen atoms in total. The summed E-state index contributed by atoms with van der Waals surface area (Å²) in [6.07, 6.45) is 0. The first-order valence-corrected chi connectivity index (χ1v) is 9.03. The highest BCUT2D eigenvalue weighted by atomic mass is 32.1. The molecule has 132 valence electrons. The molecule has 25 heavy (non-hydrogen) atoms. The molecule has 0 amide bonds. The first-order chi connectivity index (χ1) is 12.1. The summed E-state index contributed by atoms with van der Waals surface area (Å²) in [5, 5.41) is 4.11. The van der Waals surface area contributed by atoms with E-state index in [-0.39, 0.29) is 0 Å². The van der Waals surface area contributed by atoms with E-state index >= 15 is 0 Å². The second-order valence-electron chi connectivity index (χ2n) is 6.41. The second kappa shape index (κ2) is 8.32. The van der Waals surface area contributed by atoms with Gasteiger partial charge in [0.1, 0.15) is 5.75 Å². The van der Waals surface area contributed by atoms with Crippen molar-refractivity contribution in [1.82, 2.24) is 9.80 Å². The van der Waals surface area contributed by atoms with Crippen molar-refractivity contribution in [2.75, 3.05) is 38.6 Å². The van der Waals surface area contributed by atoms with Crippen LogP contribution in [0.3, 0.4) is 0 Å². The van der Waals surface area contributed by atoms with Gasteiger partial charge in [0.2, 0.25) is 0 Å². The van der Waals surface area contributed by atoms with Crippen LogP contribution in [0.1, 0.15) is 11.1 Å². The van der Waals surface area contributed by atoms with Crippen LogP contribution in [0.2, 0.25) is 0 Å². The minimum absolute atomic E-state index is 0.792. The third kappa shape index (κ3) is 4.94. The fraction of sp³-hybridized carbons (Fsp3) is 0.350. The fourth-order valence-corrected chi connectivity index (χ4v) is 3.36. The maximum absolute atomic E-state index is 5.57. The summed E-state index contributed by atoms with van der Waals surface area (Å²) in [6, 6.07) is 16.6. The van der Waals surface area contributed by atoms with Crippen molar-refractivity contribution in [3.05, 3.63) is 59.7 Å². The smallest absolute Gasteiger partial charge is 0.173 e. The minimum atomic E-state index is 0.792. The van der Waals surface area contributed by atoms with E-state index in [0.29, 0.717) is 0 Å². The molecule has 0 unspecified atom stereocenters. The fourth-order valence-electron chi connectivity index (χ4n) is 3.05. The second-order valence-corrected chi connectivity index (χ2v) is 6.80. The number of methoxy groups -OCH3 is 1. The molecule has 0 aliphatic carbocycles. The van der Waals surface area contributed by atoms with Gasteiger partial charge in [0.15, 0.2) is 5.11 Å². The SMILES string of the molecule is COc1ccc(NC(=S)N2CCN(Cc3cccc(C)c3)CC2)cc1. The van der Waals surface area contributed by atoms with E-state index in [4.69, 9.17) is 17.0 Å². The molecule has 1 N–H and O–H groups in total. The van der Waals surface area contributed by atoms with Crippen LogP contribution in [0.4, 0.5) is 5.69 Å². The maximum atomic E-state index is 5.57. The maximum Gasteiger partial charge on any atom is 0.173 e. The number of piperazine rings is 1. The Bertz CT molecular complexity index is 709. The number of hydrogen-bond donors (Lipinski definition) is 1. The molecule has 0 aromatic heterocycles. The third-order valence-corrected chi connectivity index (χ3v) is 4.85. The van der Waals surface area contributed by atoms with Crippen LogP contribution >= 0.6 is 12.2 Å². The zero-order chi connectivity index (χ0) is 17.6. The van der Waals surface area contributed by atoms with E-state index in [0.717, 1.165) is 49.3 Å². The number of nitrogens with zero attached hydrogens (tertiary/aromatic N) is 2. The lowest BCUT2D eigenvalue weighted by Gasteiger charge is -2.36. The zero-order valence-electron chi connectivity index (χ0n) is 14.9. The summed E-state index contributed by atoms with van der Waals surface area (Å²) in [5.41, 5.74) is 3.70. The van der Waals surface area contributed by atoms with Crippen LogP contribution in [0.5, 0.6) is 5.75 Å². The average molecular weight is 356 g/mol. The lowest BCUT2D eigenvalue weighted by molar-refractivity contribution is 0.177. The molecule has 2 aromatic rings. The van der Waals surface area contributed by atoms with Gasteiger partial charge in [0, 0.05) is 38.4 Å². The van der Waals surface area contributed by atoms with Crippen molar-refractivity contribution < 1.29 is 4.74 Å². The van der Waals surface area contributed by atoms with Crippen LogP contribution in [-0.2, 0) is 6.54 Å². The molecule has 1 aliphatic rings. The average Bonchev–Trinajstić information content (AvgIpc) is 2.63. The number of ether oxygens (including phenoxy) is 1. The minimum Gasteiger partial charge on any atom is -0.497 e. The van der Waals surface area contributed by atoms with Gasteiger partial charge in [-0.25, -0.2) is 0 Å². The highest BCUT2D eigenvalue weighted by molar-refractivity contribution is 7.80. The van der Waals surface area contributed by atoms with Crippen molar-refractivity contribution in [2.45, 2.75) is 13.5 Å².